The van der Waals surface area contributed by atoms with Crippen molar-refractivity contribution >= 4 is 0 Å². The average molecular weight is 228 g/mol. The molecule has 0 saturated carbocycles. The van der Waals surface area contributed by atoms with E-state index in [1.165, 1.54) is 5.56 Å². The second-order valence-electron chi connectivity index (χ2n) is 4.53. The van der Waals surface area contributed by atoms with Crippen LogP contribution >= 0.6 is 0 Å². The maximum absolute atomic E-state index is 4.39. The van der Waals surface area contributed by atoms with Crippen LogP contribution in [0.1, 0.15) is 24.2 Å². The topological polar surface area (TPSA) is 53.6 Å². The monoisotopic (exact) mass is 228 g/mol. The minimum absolute atomic E-state index is 0.00299. The molecule has 1 fully saturated rings. The minimum atomic E-state index is 0.00299. The molecule has 0 aliphatic carbocycles. The van der Waals surface area contributed by atoms with Gasteiger partial charge in [0, 0.05) is 0 Å². The number of hydrogen-bond donors (Lipinski definition) is 2. The van der Waals surface area contributed by atoms with Crippen molar-refractivity contribution in [1.29, 1.82) is 0 Å². The van der Waals surface area contributed by atoms with Crippen LogP contribution in [0.2, 0.25) is 0 Å². The van der Waals surface area contributed by atoms with E-state index in [1.807, 2.05) is 0 Å². The lowest BCUT2D eigenvalue weighted by atomic mass is 9.72. The number of aromatic amines is 1. The maximum atomic E-state index is 4.39. The maximum Gasteiger partial charge on any atom is 0.137 e. The highest BCUT2D eigenvalue weighted by Gasteiger charge is 2.38. The minimum Gasteiger partial charge on any atom is -0.317 e. The van der Waals surface area contributed by atoms with E-state index in [0.717, 1.165) is 31.8 Å². The predicted octanol–water partition coefficient (Wildman–Crippen LogP) is 1.47. The Morgan fingerprint density at radius 2 is 1.82 bits per heavy atom. The van der Waals surface area contributed by atoms with Crippen molar-refractivity contribution in [2.24, 2.45) is 0 Å². The number of H-pyrrole nitrogens is 1. The molecule has 2 heterocycles. The number of aromatic nitrogens is 3. The molecule has 2 aromatic rings. The summed E-state index contributed by atoms with van der Waals surface area (Å²) < 4.78 is 0. The van der Waals surface area contributed by atoms with Gasteiger partial charge in [0.25, 0.3) is 0 Å². The third-order valence-corrected chi connectivity index (χ3v) is 3.65. The smallest absolute Gasteiger partial charge is 0.137 e. The van der Waals surface area contributed by atoms with Crippen molar-refractivity contribution in [3.05, 3.63) is 48.0 Å². The van der Waals surface area contributed by atoms with Gasteiger partial charge in [-0.3, -0.25) is 5.10 Å². The Balaban J connectivity index is 2.08. The second-order valence-corrected chi connectivity index (χ2v) is 4.53. The summed E-state index contributed by atoms with van der Waals surface area (Å²) in [4.78, 5) is 4.39. The summed E-state index contributed by atoms with van der Waals surface area (Å²) in [5.74, 6) is 0.991. The van der Waals surface area contributed by atoms with Gasteiger partial charge in [0.1, 0.15) is 12.2 Å². The lowest BCUT2D eigenvalue weighted by molar-refractivity contribution is 0.346. The zero-order chi connectivity index (χ0) is 11.6. The number of piperidine rings is 1. The van der Waals surface area contributed by atoms with Gasteiger partial charge in [-0.25, -0.2) is 4.98 Å². The van der Waals surface area contributed by atoms with Crippen molar-refractivity contribution in [1.82, 2.24) is 20.5 Å². The Morgan fingerprint density at radius 3 is 2.47 bits per heavy atom. The summed E-state index contributed by atoms with van der Waals surface area (Å²) in [6, 6.07) is 10.6. The summed E-state index contributed by atoms with van der Waals surface area (Å²) in [5.41, 5.74) is 1.33. The molecule has 17 heavy (non-hydrogen) atoms. The van der Waals surface area contributed by atoms with E-state index in [4.69, 9.17) is 0 Å². The van der Waals surface area contributed by atoms with E-state index in [9.17, 15) is 0 Å². The second kappa shape index (κ2) is 4.30. The van der Waals surface area contributed by atoms with Crippen LogP contribution in [0.25, 0.3) is 0 Å². The summed E-state index contributed by atoms with van der Waals surface area (Å²) in [6.45, 7) is 2.05. The highest BCUT2D eigenvalue weighted by molar-refractivity contribution is 5.33. The molecule has 4 heteroatoms. The molecule has 2 N–H and O–H groups in total. The molecule has 0 amide bonds. The summed E-state index contributed by atoms with van der Waals surface area (Å²) in [7, 11) is 0. The number of benzene rings is 1. The van der Waals surface area contributed by atoms with Gasteiger partial charge in [0.15, 0.2) is 0 Å². The van der Waals surface area contributed by atoms with Gasteiger partial charge in [-0.15, -0.1) is 0 Å². The van der Waals surface area contributed by atoms with Crippen LogP contribution in [0.4, 0.5) is 0 Å². The summed E-state index contributed by atoms with van der Waals surface area (Å²) >= 11 is 0. The highest BCUT2D eigenvalue weighted by Crippen LogP contribution is 2.37. The Hall–Kier alpha value is -1.68. The zero-order valence-corrected chi connectivity index (χ0v) is 9.69. The number of nitrogens with zero attached hydrogens (tertiary/aromatic N) is 2. The summed E-state index contributed by atoms with van der Waals surface area (Å²) in [5, 5.41) is 10.5. The fourth-order valence-corrected chi connectivity index (χ4v) is 2.71. The van der Waals surface area contributed by atoms with E-state index in [2.05, 4.69) is 50.8 Å². The van der Waals surface area contributed by atoms with Gasteiger partial charge in [0.2, 0.25) is 0 Å². The van der Waals surface area contributed by atoms with Crippen molar-refractivity contribution in [3.8, 4) is 0 Å². The first kappa shape index (κ1) is 10.5. The molecule has 0 spiro atoms. The van der Waals surface area contributed by atoms with Crippen LogP contribution in [0.15, 0.2) is 36.7 Å². The standard InChI is InChI=1S/C13H16N4/c1-2-4-11(5-3-1)13(6-8-14-9-7-13)12-15-10-16-17-12/h1-5,10,14H,6-9H2,(H,15,16,17). The molecule has 1 aliphatic heterocycles. The van der Waals surface area contributed by atoms with Crippen molar-refractivity contribution in [2.75, 3.05) is 13.1 Å². The van der Waals surface area contributed by atoms with Crippen LogP contribution in [0, 0.1) is 0 Å². The van der Waals surface area contributed by atoms with E-state index in [1.54, 1.807) is 6.33 Å². The van der Waals surface area contributed by atoms with E-state index in [-0.39, 0.29) is 5.41 Å². The molecule has 1 aliphatic rings. The Morgan fingerprint density at radius 1 is 1.06 bits per heavy atom. The normalized spacial score (nSPS) is 19.1. The SMILES string of the molecule is c1ccc(C2(c3ncn[nH]3)CCNCC2)cc1. The molecule has 88 valence electrons. The van der Waals surface area contributed by atoms with Crippen molar-refractivity contribution < 1.29 is 0 Å². The first-order valence-corrected chi connectivity index (χ1v) is 6.04. The Kier molecular flexibility index (Phi) is 2.65. The number of rotatable bonds is 2. The van der Waals surface area contributed by atoms with Crippen LogP contribution in [0.3, 0.4) is 0 Å². The first-order chi connectivity index (χ1) is 8.42. The average Bonchev–Trinajstić information content (AvgIpc) is 2.95. The van der Waals surface area contributed by atoms with E-state index in [0.29, 0.717) is 0 Å². The van der Waals surface area contributed by atoms with Crippen LogP contribution in [-0.4, -0.2) is 28.3 Å². The molecule has 1 saturated heterocycles. The molecular weight excluding hydrogens is 212 g/mol. The molecule has 0 unspecified atom stereocenters. The Bertz CT molecular complexity index is 457. The molecule has 0 bridgehead atoms. The molecule has 1 aromatic heterocycles. The van der Waals surface area contributed by atoms with Crippen molar-refractivity contribution in [3.63, 3.8) is 0 Å². The van der Waals surface area contributed by atoms with Gasteiger partial charge in [-0.05, 0) is 31.5 Å². The van der Waals surface area contributed by atoms with E-state index >= 15 is 0 Å². The fourth-order valence-electron chi connectivity index (χ4n) is 2.71. The highest BCUT2D eigenvalue weighted by atomic mass is 15.2. The van der Waals surface area contributed by atoms with Crippen LogP contribution in [-0.2, 0) is 5.41 Å². The van der Waals surface area contributed by atoms with Gasteiger partial charge in [-0.2, -0.15) is 5.10 Å². The molecule has 3 rings (SSSR count). The molecule has 1 aromatic carbocycles. The number of hydrogen-bond acceptors (Lipinski definition) is 3. The van der Waals surface area contributed by atoms with Crippen LogP contribution < -0.4 is 5.32 Å². The van der Waals surface area contributed by atoms with E-state index < -0.39 is 0 Å². The molecular formula is C13H16N4. The predicted molar refractivity (Wildman–Crippen MR) is 65.7 cm³/mol. The zero-order valence-electron chi connectivity index (χ0n) is 9.69. The third-order valence-electron chi connectivity index (χ3n) is 3.65. The molecule has 0 radical (unpaired) electrons. The molecule has 0 atom stereocenters. The fraction of sp³-hybridized carbons (Fsp3) is 0.385. The van der Waals surface area contributed by atoms with Gasteiger partial charge < -0.3 is 5.32 Å². The van der Waals surface area contributed by atoms with Crippen molar-refractivity contribution in [2.45, 2.75) is 18.3 Å². The lowest BCUT2D eigenvalue weighted by Crippen LogP contribution is -2.41. The van der Waals surface area contributed by atoms with Gasteiger partial charge >= 0.3 is 0 Å². The Labute approximate surface area is 100 Å². The largest absolute Gasteiger partial charge is 0.317 e. The van der Waals surface area contributed by atoms with Gasteiger partial charge in [-0.1, -0.05) is 30.3 Å². The molecule has 4 nitrogen and oxygen atoms in total. The number of nitrogens with one attached hydrogen (secondary N) is 2. The first-order valence-electron chi connectivity index (χ1n) is 6.04. The summed E-state index contributed by atoms with van der Waals surface area (Å²) in [6.07, 6.45) is 3.72. The third kappa shape index (κ3) is 1.74. The van der Waals surface area contributed by atoms with Crippen LogP contribution in [0.5, 0.6) is 0 Å². The quantitative estimate of drug-likeness (QED) is 0.818. The lowest BCUT2D eigenvalue weighted by Gasteiger charge is -2.36. The van der Waals surface area contributed by atoms with Gasteiger partial charge in [0.05, 0.1) is 5.41 Å².